The summed E-state index contributed by atoms with van der Waals surface area (Å²) in [6, 6.07) is 15.1. The highest BCUT2D eigenvalue weighted by atomic mass is 35.5. The van der Waals surface area contributed by atoms with Gasteiger partial charge in [0.1, 0.15) is 4.88 Å². The van der Waals surface area contributed by atoms with Crippen molar-refractivity contribution in [2.24, 2.45) is 0 Å². The Morgan fingerprint density at radius 1 is 1.12 bits per heavy atom. The first-order valence-corrected chi connectivity index (χ1v) is 9.72. The van der Waals surface area contributed by atoms with Gasteiger partial charge < -0.3 is 10.2 Å². The lowest BCUT2D eigenvalue weighted by Crippen LogP contribution is -2.35. The van der Waals surface area contributed by atoms with Gasteiger partial charge in [-0.1, -0.05) is 35.9 Å². The zero-order valence-corrected chi connectivity index (χ0v) is 15.6. The average molecular weight is 385 g/mol. The number of rotatable bonds is 3. The predicted molar refractivity (Wildman–Crippen MR) is 107 cm³/mol. The number of carbonyl (C=O) groups excluding carboxylic acids is 2. The number of anilines is 2. The van der Waals surface area contributed by atoms with Gasteiger partial charge in [0.05, 0.1) is 5.02 Å². The lowest BCUT2D eigenvalue weighted by Gasteiger charge is -2.27. The molecule has 132 valence electrons. The van der Waals surface area contributed by atoms with Crippen LogP contribution in [0.5, 0.6) is 0 Å². The minimum Gasteiger partial charge on any atom is -0.321 e. The quantitative estimate of drug-likeness (QED) is 0.664. The lowest BCUT2D eigenvalue weighted by atomic mass is 10.1. The normalized spacial score (nSPS) is 14.7. The van der Waals surface area contributed by atoms with Crippen LogP contribution >= 0.6 is 22.9 Å². The van der Waals surface area contributed by atoms with Crippen LogP contribution in [0, 0.1) is 0 Å². The number of amides is 2. The van der Waals surface area contributed by atoms with E-state index in [0.29, 0.717) is 22.0 Å². The third-order valence-electron chi connectivity index (χ3n) is 4.48. The Bertz CT molecular complexity index is 998. The summed E-state index contributed by atoms with van der Waals surface area (Å²) in [6.07, 6.45) is 2.52. The molecule has 1 N–H and O–H groups in total. The Hall–Kier alpha value is -2.37. The fourth-order valence-corrected chi connectivity index (χ4v) is 4.59. The molecule has 0 saturated carbocycles. The molecule has 0 unspecified atom stereocenters. The van der Waals surface area contributed by atoms with E-state index in [2.05, 4.69) is 5.32 Å². The fraction of sp³-hybridized carbons (Fsp3) is 0.200. The molecule has 1 saturated heterocycles. The summed E-state index contributed by atoms with van der Waals surface area (Å²) in [5.74, 6) is -0.106. The molecule has 4 nitrogen and oxygen atoms in total. The van der Waals surface area contributed by atoms with Crippen LogP contribution in [0.2, 0.25) is 5.02 Å². The highest BCUT2D eigenvalue weighted by Gasteiger charge is 2.21. The molecule has 2 aromatic carbocycles. The van der Waals surface area contributed by atoms with Crippen molar-refractivity contribution in [1.82, 2.24) is 0 Å². The number of halogens is 1. The van der Waals surface area contributed by atoms with E-state index in [1.807, 2.05) is 48.5 Å². The minimum atomic E-state index is -0.238. The Kier molecular flexibility index (Phi) is 4.66. The summed E-state index contributed by atoms with van der Waals surface area (Å²) >= 11 is 7.76. The van der Waals surface area contributed by atoms with Crippen LogP contribution in [-0.4, -0.2) is 18.4 Å². The maximum atomic E-state index is 12.7. The van der Waals surface area contributed by atoms with Gasteiger partial charge in [0.25, 0.3) is 5.91 Å². The largest absolute Gasteiger partial charge is 0.321 e. The molecule has 0 spiro atoms. The molecular weight excluding hydrogens is 368 g/mol. The summed E-state index contributed by atoms with van der Waals surface area (Å²) in [7, 11) is 0. The van der Waals surface area contributed by atoms with Crippen molar-refractivity contribution in [3.8, 4) is 0 Å². The smallest absolute Gasteiger partial charge is 0.267 e. The Balaban J connectivity index is 1.58. The standard InChI is InChI=1S/C20H17ClN2O2S/c21-18-15-8-1-2-9-16(15)26-19(18)20(25)22-13-6-5-7-14(12-13)23-11-4-3-10-17(23)24/h1-2,5-9,12H,3-4,10-11H2,(H,22,25). The first-order valence-electron chi connectivity index (χ1n) is 8.52. The van der Waals surface area contributed by atoms with Gasteiger partial charge in [0.2, 0.25) is 5.91 Å². The third-order valence-corrected chi connectivity index (χ3v) is 6.15. The van der Waals surface area contributed by atoms with Crippen molar-refractivity contribution >= 4 is 56.2 Å². The van der Waals surface area contributed by atoms with Gasteiger partial charge in [-0.05, 0) is 37.1 Å². The molecular formula is C20H17ClN2O2S. The van der Waals surface area contributed by atoms with Crippen molar-refractivity contribution in [2.45, 2.75) is 19.3 Å². The van der Waals surface area contributed by atoms with Crippen LogP contribution in [0.1, 0.15) is 28.9 Å². The molecule has 0 radical (unpaired) electrons. The second-order valence-electron chi connectivity index (χ2n) is 6.25. The molecule has 1 aromatic heterocycles. The topological polar surface area (TPSA) is 49.4 Å². The summed E-state index contributed by atoms with van der Waals surface area (Å²) < 4.78 is 0.982. The van der Waals surface area contributed by atoms with E-state index in [1.54, 1.807) is 4.90 Å². The van der Waals surface area contributed by atoms with E-state index < -0.39 is 0 Å². The molecule has 2 heterocycles. The number of hydrogen-bond acceptors (Lipinski definition) is 3. The number of thiophene rings is 1. The van der Waals surface area contributed by atoms with Gasteiger partial charge in [-0.25, -0.2) is 0 Å². The average Bonchev–Trinajstić information content (AvgIpc) is 3.00. The maximum Gasteiger partial charge on any atom is 0.267 e. The zero-order chi connectivity index (χ0) is 18.1. The monoisotopic (exact) mass is 384 g/mol. The second-order valence-corrected chi connectivity index (χ2v) is 7.68. The fourth-order valence-electron chi connectivity index (χ4n) is 3.18. The maximum absolute atomic E-state index is 12.7. The second kappa shape index (κ2) is 7.09. The first-order chi connectivity index (χ1) is 12.6. The van der Waals surface area contributed by atoms with E-state index in [-0.39, 0.29) is 11.8 Å². The first kappa shape index (κ1) is 17.1. The zero-order valence-electron chi connectivity index (χ0n) is 14.0. The summed E-state index contributed by atoms with van der Waals surface area (Å²) in [5.41, 5.74) is 1.47. The molecule has 0 atom stereocenters. The van der Waals surface area contributed by atoms with E-state index in [1.165, 1.54) is 11.3 Å². The number of nitrogens with one attached hydrogen (secondary N) is 1. The van der Waals surface area contributed by atoms with Crippen LogP contribution in [0.25, 0.3) is 10.1 Å². The highest BCUT2D eigenvalue weighted by Crippen LogP contribution is 2.35. The molecule has 0 bridgehead atoms. The number of carbonyl (C=O) groups is 2. The SMILES string of the molecule is O=C(Nc1cccc(N2CCCCC2=O)c1)c1sc2ccccc2c1Cl. The highest BCUT2D eigenvalue weighted by molar-refractivity contribution is 7.21. The molecule has 1 aliphatic rings. The van der Waals surface area contributed by atoms with Crippen LogP contribution < -0.4 is 10.2 Å². The molecule has 2 amide bonds. The number of benzene rings is 2. The molecule has 1 fully saturated rings. The Morgan fingerprint density at radius 3 is 2.77 bits per heavy atom. The summed E-state index contributed by atoms with van der Waals surface area (Å²) in [5, 5.41) is 4.27. The van der Waals surface area contributed by atoms with Crippen LogP contribution in [0.4, 0.5) is 11.4 Å². The molecule has 0 aliphatic carbocycles. The van der Waals surface area contributed by atoms with Crippen LogP contribution in [-0.2, 0) is 4.79 Å². The summed E-state index contributed by atoms with van der Waals surface area (Å²) in [6.45, 7) is 0.721. The minimum absolute atomic E-state index is 0.132. The van der Waals surface area contributed by atoms with E-state index in [9.17, 15) is 9.59 Å². The van der Waals surface area contributed by atoms with Crippen molar-refractivity contribution in [1.29, 1.82) is 0 Å². The number of fused-ring (bicyclic) bond motifs is 1. The predicted octanol–water partition coefficient (Wildman–Crippen LogP) is 5.32. The number of piperidine rings is 1. The van der Waals surface area contributed by atoms with Gasteiger partial charge in [-0.3, -0.25) is 9.59 Å². The van der Waals surface area contributed by atoms with Crippen molar-refractivity contribution in [3.05, 3.63) is 58.4 Å². The number of hydrogen-bond donors (Lipinski definition) is 1. The van der Waals surface area contributed by atoms with Gasteiger partial charge >= 0.3 is 0 Å². The van der Waals surface area contributed by atoms with Crippen molar-refractivity contribution in [2.75, 3.05) is 16.8 Å². The molecule has 26 heavy (non-hydrogen) atoms. The Morgan fingerprint density at radius 2 is 1.96 bits per heavy atom. The molecule has 3 aromatic rings. The van der Waals surface area contributed by atoms with E-state index in [4.69, 9.17) is 11.6 Å². The third kappa shape index (κ3) is 3.20. The van der Waals surface area contributed by atoms with Gasteiger partial charge in [0.15, 0.2) is 0 Å². The van der Waals surface area contributed by atoms with E-state index >= 15 is 0 Å². The molecule has 4 rings (SSSR count). The summed E-state index contributed by atoms with van der Waals surface area (Å²) in [4.78, 5) is 27.1. The number of nitrogens with zero attached hydrogens (tertiary/aromatic N) is 1. The van der Waals surface area contributed by atoms with Gasteiger partial charge in [-0.2, -0.15) is 0 Å². The Labute approximate surface area is 160 Å². The molecule has 6 heteroatoms. The van der Waals surface area contributed by atoms with E-state index in [0.717, 1.165) is 35.2 Å². The molecule has 1 aliphatic heterocycles. The van der Waals surface area contributed by atoms with Gasteiger partial charge in [-0.15, -0.1) is 11.3 Å². The lowest BCUT2D eigenvalue weighted by molar-refractivity contribution is -0.119. The van der Waals surface area contributed by atoms with Crippen LogP contribution in [0.15, 0.2) is 48.5 Å². The van der Waals surface area contributed by atoms with Crippen molar-refractivity contribution < 1.29 is 9.59 Å². The van der Waals surface area contributed by atoms with Crippen molar-refractivity contribution in [3.63, 3.8) is 0 Å². The van der Waals surface area contributed by atoms with Gasteiger partial charge in [0, 0.05) is 34.4 Å². The van der Waals surface area contributed by atoms with Crippen LogP contribution in [0.3, 0.4) is 0 Å².